The summed E-state index contributed by atoms with van der Waals surface area (Å²) in [6.45, 7) is 1.75. The van der Waals surface area contributed by atoms with Crippen LogP contribution in [0.5, 0.6) is 0 Å². The summed E-state index contributed by atoms with van der Waals surface area (Å²) < 4.78 is 5.43. The highest BCUT2D eigenvalue weighted by atomic mass is 16.6. The highest BCUT2D eigenvalue weighted by molar-refractivity contribution is 5.90. The summed E-state index contributed by atoms with van der Waals surface area (Å²) in [6.07, 6.45) is -0.533. The first-order chi connectivity index (χ1) is 13.5. The van der Waals surface area contributed by atoms with Crippen molar-refractivity contribution >= 4 is 11.8 Å². The van der Waals surface area contributed by atoms with E-state index in [2.05, 4.69) is 0 Å². The predicted octanol–water partition coefficient (Wildman–Crippen LogP) is 3.94. The van der Waals surface area contributed by atoms with Crippen LogP contribution in [-0.4, -0.2) is 28.9 Å². The molecule has 0 bridgehead atoms. The van der Waals surface area contributed by atoms with E-state index in [1.54, 1.807) is 24.3 Å². The number of ether oxygens (including phenoxy) is 1. The Morgan fingerprint density at radius 1 is 1.18 bits per heavy atom. The van der Waals surface area contributed by atoms with Crippen LogP contribution >= 0.6 is 0 Å². The van der Waals surface area contributed by atoms with Crippen molar-refractivity contribution in [3.8, 4) is 0 Å². The maximum Gasteiger partial charge on any atom is 0.416 e. The van der Waals surface area contributed by atoms with E-state index in [0.717, 1.165) is 12.0 Å². The molecule has 148 valence electrons. The van der Waals surface area contributed by atoms with Crippen molar-refractivity contribution in [1.29, 1.82) is 0 Å². The van der Waals surface area contributed by atoms with Gasteiger partial charge in [-0.2, -0.15) is 0 Å². The van der Waals surface area contributed by atoms with Gasteiger partial charge in [-0.1, -0.05) is 61.9 Å². The molecule has 0 radical (unpaired) electrons. The largest absolute Gasteiger partial charge is 0.444 e. The molecule has 7 heteroatoms. The molecule has 1 N–H and O–H groups in total. The fourth-order valence-electron chi connectivity index (χ4n) is 3.87. The lowest BCUT2D eigenvalue weighted by molar-refractivity contribution is -0.485. The number of hydrogen-bond acceptors (Lipinski definition) is 5. The average Bonchev–Trinajstić information content (AvgIpc) is 2.69. The first-order valence-electron chi connectivity index (χ1n) is 9.41. The van der Waals surface area contributed by atoms with E-state index in [1.165, 1.54) is 4.90 Å². The van der Waals surface area contributed by atoms with Crippen molar-refractivity contribution in [2.75, 3.05) is 11.4 Å². The van der Waals surface area contributed by atoms with E-state index in [-0.39, 0.29) is 18.1 Å². The number of fused-ring (bicyclic) bond motifs is 1. The van der Waals surface area contributed by atoms with Gasteiger partial charge in [0, 0.05) is 10.8 Å². The lowest BCUT2D eigenvalue weighted by Crippen LogP contribution is -2.51. The number of carbonyl (C=O) groups is 1. The predicted molar refractivity (Wildman–Crippen MR) is 105 cm³/mol. The van der Waals surface area contributed by atoms with Gasteiger partial charge in [0.05, 0.1) is 11.6 Å². The van der Waals surface area contributed by atoms with E-state index in [1.807, 2.05) is 37.3 Å². The summed E-state index contributed by atoms with van der Waals surface area (Å²) in [6, 6.07) is 16.3. The average molecular weight is 384 g/mol. The van der Waals surface area contributed by atoms with Gasteiger partial charge in [-0.25, -0.2) is 4.79 Å². The van der Waals surface area contributed by atoms with Crippen LogP contribution in [0.1, 0.15) is 36.8 Å². The number of aliphatic hydroxyl groups is 1. The zero-order valence-electron chi connectivity index (χ0n) is 15.7. The molecule has 2 aromatic carbocycles. The third-order valence-electron chi connectivity index (χ3n) is 5.13. The maximum absolute atomic E-state index is 12.8. The van der Waals surface area contributed by atoms with Crippen LogP contribution < -0.4 is 4.90 Å². The van der Waals surface area contributed by atoms with Crippen LogP contribution in [0.25, 0.3) is 0 Å². The van der Waals surface area contributed by atoms with Gasteiger partial charge in [-0.05, 0) is 23.6 Å². The number of para-hydroxylation sites is 1. The van der Waals surface area contributed by atoms with Gasteiger partial charge < -0.3 is 9.84 Å². The van der Waals surface area contributed by atoms with Gasteiger partial charge in [0.15, 0.2) is 0 Å². The lowest BCUT2D eigenvalue weighted by Gasteiger charge is -2.42. The Kier molecular flexibility index (Phi) is 6.26. The fourth-order valence-corrected chi connectivity index (χ4v) is 3.87. The molecule has 0 aliphatic carbocycles. The molecular weight excluding hydrogens is 360 g/mol. The molecule has 0 fully saturated rings. The summed E-state index contributed by atoms with van der Waals surface area (Å²) in [5.41, 5.74) is 2.00. The molecule has 1 aliphatic heterocycles. The van der Waals surface area contributed by atoms with Crippen molar-refractivity contribution in [2.24, 2.45) is 5.92 Å². The van der Waals surface area contributed by atoms with Crippen molar-refractivity contribution in [3.05, 3.63) is 75.8 Å². The highest BCUT2D eigenvalue weighted by Crippen LogP contribution is 2.43. The monoisotopic (exact) mass is 384 g/mol. The molecule has 1 aliphatic rings. The minimum absolute atomic E-state index is 0.0851. The fraction of sp³-hybridized carbons (Fsp3) is 0.381. The molecule has 0 aromatic heterocycles. The Morgan fingerprint density at radius 2 is 1.86 bits per heavy atom. The summed E-state index contributed by atoms with van der Waals surface area (Å²) in [5.74, 6) is -0.895. The lowest BCUT2D eigenvalue weighted by atomic mass is 9.77. The molecule has 1 heterocycles. The Balaban J connectivity index is 1.90. The second kappa shape index (κ2) is 8.84. The Bertz CT molecular complexity index is 827. The summed E-state index contributed by atoms with van der Waals surface area (Å²) >= 11 is 0. The summed E-state index contributed by atoms with van der Waals surface area (Å²) in [7, 11) is 0. The molecule has 2 aromatic rings. The molecule has 3 atom stereocenters. The van der Waals surface area contributed by atoms with Gasteiger partial charge in [0.1, 0.15) is 12.8 Å². The third kappa shape index (κ3) is 4.14. The first-order valence-corrected chi connectivity index (χ1v) is 9.41. The first kappa shape index (κ1) is 19.8. The quantitative estimate of drug-likeness (QED) is 0.601. The zero-order chi connectivity index (χ0) is 20.1. The van der Waals surface area contributed by atoms with E-state index in [0.29, 0.717) is 17.7 Å². The molecule has 7 nitrogen and oxygen atoms in total. The van der Waals surface area contributed by atoms with Gasteiger partial charge in [-0.3, -0.25) is 15.0 Å². The second-order valence-corrected chi connectivity index (χ2v) is 6.96. The van der Waals surface area contributed by atoms with Crippen molar-refractivity contribution < 1.29 is 19.6 Å². The van der Waals surface area contributed by atoms with E-state index >= 15 is 0 Å². The SMILES string of the molecule is CCC[C@@H]1[C@H](C[N+](=O)[O-])c2ccccc2N(C(=O)OCc2ccccc2)[C@@H]1O. The Morgan fingerprint density at radius 3 is 2.54 bits per heavy atom. The molecule has 0 unspecified atom stereocenters. The van der Waals surface area contributed by atoms with E-state index in [4.69, 9.17) is 4.74 Å². The van der Waals surface area contributed by atoms with Crippen molar-refractivity contribution in [1.82, 2.24) is 0 Å². The third-order valence-corrected chi connectivity index (χ3v) is 5.13. The number of carbonyl (C=O) groups excluding carboxylic acids is 1. The molecule has 1 amide bonds. The van der Waals surface area contributed by atoms with Gasteiger partial charge in [-0.15, -0.1) is 0 Å². The van der Waals surface area contributed by atoms with Crippen molar-refractivity contribution in [3.63, 3.8) is 0 Å². The number of aliphatic hydroxyl groups excluding tert-OH is 1. The van der Waals surface area contributed by atoms with Crippen LogP contribution in [0, 0.1) is 16.0 Å². The number of amides is 1. The van der Waals surface area contributed by atoms with Gasteiger partial charge in [0.2, 0.25) is 6.54 Å². The normalized spacial score (nSPS) is 21.1. The molecule has 0 saturated carbocycles. The highest BCUT2D eigenvalue weighted by Gasteiger charge is 2.44. The molecule has 0 saturated heterocycles. The van der Waals surface area contributed by atoms with Crippen LogP contribution in [0.4, 0.5) is 10.5 Å². The van der Waals surface area contributed by atoms with E-state index in [9.17, 15) is 20.0 Å². The molecule has 3 rings (SSSR count). The second-order valence-electron chi connectivity index (χ2n) is 6.96. The van der Waals surface area contributed by atoms with Crippen molar-refractivity contribution in [2.45, 2.75) is 38.5 Å². The maximum atomic E-state index is 12.8. The standard InChI is InChI=1S/C21H24N2O5/c1-2-8-17-18(13-22(26)27)16-11-6-7-12-19(16)23(20(17)24)21(25)28-14-15-9-4-3-5-10-15/h3-7,9-12,17-18,20,24H,2,8,13-14H2,1H3/t17-,18-,20-/m1/s1. The number of hydrogen-bond donors (Lipinski definition) is 1. The van der Waals surface area contributed by atoms with Crippen LogP contribution in [0.15, 0.2) is 54.6 Å². The number of nitrogens with zero attached hydrogens (tertiary/aromatic N) is 2. The van der Waals surface area contributed by atoms with Gasteiger partial charge in [0.25, 0.3) is 0 Å². The number of rotatable bonds is 6. The van der Waals surface area contributed by atoms with Crippen LogP contribution in [0.2, 0.25) is 0 Å². The summed E-state index contributed by atoms with van der Waals surface area (Å²) in [5, 5.41) is 22.2. The van der Waals surface area contributed by atoms with Crippen LogP contribution in [0.3, 0.4) is 0 Å². The van der Waals surface area contributed by atoms with Gasteiger partial charge >= 0.3 is 6.09 Å². The van der Waals surface area contributed by atoms with Crippen LogP contribution in [-0.2, 0) is 11.3 Å². The smallest absolute Gasteiger partial charge is 0.416 e. The minimum atomic E-state index is -1.18. The number of anilines is 1. The molecular formula is C21H24N2O5. The van der Waals surface area contributed by atoms with E-state index < -0.39 is 24.2 Å². The Hall–Kier alpha value is -2.93. The topological polar surface area (TPSA) is 92.9 Å². The minimum Gasteiger partial charge on any atom is -0.444 e. The number of benzene rings is 2. The zero-order valence-corrected chi connectivity index (χ0v) is 15.7. The number of nitro groups is 1. The Labute approximate surface area is 163 Å². The molecule has 28 heavy (non-hydrogen) atoms. The summed E-state index contributed by atoms with van der Waals surface area (Å²) in [4.78, 5) is 24.9. The molecule has 0 spiro atoms.